The smallest absolute Gasteiger partial charge is 0.348 e. The minimum atomic E-state index is -1.00. The van der Waals surface area contributed by atoms with Gasteiger partial charge in [-0.15, -0.1) is 11.3 Å². The lowest BCUT2D eigenvalue weighted by Crippen LogP contribution is -2.54. The van der Waals surface area contributed by atoms with Crippen LogP contribution in [0.2, 0.25) is 0 Å². The largest absolute Gasteiger partial charge is 0.489 e. The number of amides is 1. The third-order valence-electron chi connectivity index (χ3n) is 6.56. The molecule has 0 spiro atoms. The Morgan fingerprint density at radius 3 is 2.56 bits per heavy atom. The van der Waals surface area contributed by atoms with Crippen LogP contribution >= 0.6 is 11.3 Å². The Morgan fingerprint density at radius 1 is 1.25 bits per heavy atom. The van der Waals surface area contributed by atoms with Crippen LogP contribution in [0, 0.1) is 11.8 Å². The van der Waals surface area contributed by atoms with E-state index in [2.05, 4.69) is 18.5 Å². The number of rotatable bonds is 7. The predicted molar refractivity (Wildman–Crippen MR) is 126 cm³/mol. The van der Waals surface area contributed by atoms with Crippen molar-refractivity contribution < 1.29 is 19.4 Å². The van der Waals surface area contributed by atoms with Gasteiger partial charge >= 0.3 is 5.97 Å². The molecule has 0 aromatic carbocycles. The third-order valence-corrected chi connectivity index (χ3v) is 7.84. The van der Waals surface area contributed by atoms with Crippen LogP contribution in [0.4, 0.5) is 5.69 Å². The minimum Gasteiger partial charge on any atom is -0.489 e. The molecule has 2 fully saturated rings. The van der Waals surface area contributed by atoms with Gasteiger partial charge in [0, 0.05) is 35.9 Å². The first-order chi connectivity index (χ1) is 15.3. The highest BCUT2D eigenvalue weighted by Gasteiger charge is 2.42. The molecular formula is C25H30N2O4S. The van der Waals surface area contributed by atoms with E-state index in [9.17, 15) is 14.7 Å². The maximum Gasteiger partial charge on any atom is 0.348 e. The molecule has 4 rings (SSSR count). The molecule has 1 N–H and O–H groups in total. The van der Waals surface area contributed by atoms with Gasteiger partial charge in [-0.2, -0.15) is 0 Å². The second-order valence-corrected chi connectivity index (χ2v) is 10.2. The molecule has 6 nitrogen and oxygen atoms in total. The van der Waals surface area contributed by atoms with Crippen molar-refractivity contribution in [1.29, 1.82) is 0 Å². The molecule has 1 amide bonds. The molecule has 2 aromatic heterocycles. The molecule has 0 unspecified atom stereocenters. The molecule has 2 heterocycles. The van der Waals surface area contributed by atoms with Gasteiger partial charge in [0.05, 0.1) is 11.9 Å². The van der Waals surface area contributed by atoms with Crippen LogP contribution in [0.5, 0.6) is 5.75 Å². The summed E-state index contributed by atoms with van der Waals surface area (Å²) < 4.78 is 6.00. The highest BCUT2D eigenvalue weighted by molar-refractivity contribution is 7.15. The topological polar surface area (TPSA) is 79.7 Å². The van der Waals surface area contributed by atoms with Gasteiger partial charge in [0.2, 0.25) is 5.91 Å². The van der Waals surface area contributed by atoms with Crippen molar-refractivity contribution in [3.63, 3.8) is 0 Å². The quantitative estimate of drug-likeness (QED) is 0.585. The standard InChI is InChI=1S/C25H30N2O4S/c1-15(2)22-13-21(23(32-22)25(29)30)27(24(28)17-8-6-16(3)7-9-17)18-11-20(12-18)31-19-5-4-10-26-14-19/h4-5,10,13-14,16-18,20H,1,6-9,11-12H2,2-3H3,(H,29,30)/t16-,17-,18-,20+. The van der Waals surface area contributed by atoms with Gasteiger partial charge in [0.15, 0.2) is 0 Å². The van der Waals surface area contributed by atoms with E-state index in [0.717, 1.165) is 36.1 Å². The van der Waals surface area contributed by atoms with E-state index in [1.54, 1.807) is 17.3 Å². The number of carboxylic acids is 1. The first-order valence-corrected chi connectivity index (χ1v) is 12.1. The van der Waals surface area contributed by atoms with Crippen molar-refractivity contribution >= 4 is 34.5 Å². The molecule has 2 aliphatic rings. The summed E-state index contributed by atoms with van der Waals surface area (Å²) in [5.41, 5.74) is 1.31. The second-order valence-electron chi connectivity index (χ2n) is 9.13. The molecule has 2 saturated carbocycles. The number of ether oxygens (including phenoxy) is 1. The number of aromatic nitrogens is 1. The number of anilines is 1. The van der Waals surface area contributed by atoms with Crippen LogP contribution < -0.4 is 9.64 Å². The highest BCUT2D eigenvalue weighted by Crippen LogP contribution is 2.41. The fourth-order valence-corrected chi connectivity index (χ4v) is 5.49. The fourth-order valence-electron chi connectivity index (χ4n) is 4.58. The number of hydrogen-bond acceptors (Lipinski definition) is 5. The second kappa shape index (κ2) is 9.45. The SMILES string of the molecule is C=C(C)c1cc(N(C(=O)[C@H]2CC[C@H](C)CC2)[C@H]2C[C@@H](Oc3cccnc3)C2)c(C(=O)O)s1. The summed E-state index contributed by atoms with van der Waals surface area (Å²) in [5, 5.41) is 9.87. The summed E-state index contributed by atoms with van der Waals surface area (Å²) in [5.74, 6) is 0.338. The zero-order chi connectivity index (χ0) is 22.8. The zero-order valence-electron chi connectivity index (χ0n) is 18.6. The number of aromatic carboxylic acids is 1. The van der Waals surface area contributed by atoms with E-state index in [0.29, 0.717) is 30.2 Å². The summed E-state index contributed by atoms with van der Waals surface area (Å²) in [4.78, 5) is 32.6. The van der Waals surface area contributed by atoms with Crippen molar-refractivity contribution in [3.8, 4) is 5.75 Å². The minimum absolute atomic E-state index is 0.0154. The predicted octanol–water partition coefficient (Wildman–Crippen LogP) is 5.64. The Hall–Kier alpha value is -2.67. The number of carbonyl (C=O) groups is 2. The van der Waals surface area contributed by atoms with E-state index in [-0.39, 0.29) is 28.8 Å². The molecule has 2 aliphatic carbocycles. The number of pyridine rings is 1. The van der Waals surface area contributed by atoms with E-state index >= 15 is 0 Å². The van der Waals surface area contributed by atoms with Gasteiger partial charge in [-0.25, -0.2) is 4.79 Å². The molecule has 0 saturated heterocycles. The van der Waals surface area contributed by atoms with Crippen LogP contribution in [0.3, 0.4) is 0 Å². The van der Waals surface area contributed by atoms with Crippen molar-refractivity contribution in [1.82, 2.24) is 4.98 Å². The summed E-state index contributed by atoms with van der Waals surface area (Å²) in [6, 6.07) is 5.45. The average Bonchev–Trinajstić information content (AvgIpc) is 3.19. The van der Waals surface area contributed by atoms with Crippen LogP contribution in [0.25, 0.3) is 5.57 Å². The summed E-state index contributed by atoms with van der Waals surface area (Å²) in [6.45, 7) is 8.05. The van der Waals surface area contributed by atoms with Crippen molar-refractivity contribution in [2.24, 2.45) is 11.8 Å². The lowest BCUT2D eigenvalue weighted by Gasteiger charge is -2.44. The van der Waals surface area contributed by atoms with Crippen LogP contribution in [-0.4, -0.2) is 34.1 Å². The van der Waals surface area contributed by atoms with Crippen LogP contribution in [0.15, 0.2) is 37.2 Å². The van der Waals surface area contributed by atoms with E-state index in [1.165, 1.54) is 11.3 Å². The lowest BCUT2D eigenvalue weighted by molar-refractivity contribution is -0.124. The van der Waals surface area contributed by atoms with Gasteiger partial charge < -0.3 is 14.7 Å². The molecule has 32 heavy (non-hydrogen) atoms. The number of thiophene rings is 1. The molecule has 7 heteroatoms. The average molecular weight is 455 g/mol. The number of nitrogens with zero attached hydrogens (tertiary/aromatic N) is 2. The Morgan fingerprint density at radius 2 is 1.97 bits per heavy atom. The first kappa shape index (κ1) is 22.5. The van der Waals surface area contributed by atoms with Gasteiger partial charge in [-0.3, -0.25) is 9.78 Å². The van der Waals surface area contributed by atoms with Crippen molar-refractivity contribution in [2.75, 3.05) is 4.90 Å². The van der Waals surface area contributed by atoms with E-state index < -0.39 is 5.97 Å². The molecular weight excluding hydrogens is 424 g/mol. The fraction of sp³-hybridized carbons (Fsp3) is 0.480. The van der Waals surface area contributed by atoms with Gasteiger partial charge in [-0.1, -0.05) is 13.5 Å². The monoisotopic (exact) mass is 454 g/mol. The lowest BCUT2D eigenvalue weighted by atomic mass is 9.80. The molecule has 2 aromatic rings. The van der Waals surface area contributed by atoms with Crippen molar-refractivity contribution in [2.45, 2.75) is 64.5 Å². The Labute approximate surface area is 192 Å². The highest BCUT2D eigenvalue weighted by atomic mass is 32.1. The van der Waals surface area contributed by atoms with Gasteiger partial charge in [0.1, 0.15) is 16.7 Å². The number of allylic oxidation sites excluding steroid dienone is 1. The molecule has 0 bridgehead atoms. The number of carboxylic acid groups (broad SMARTS) is 1. The number of carbonyl (C=O) groups excluding carboxylic acids is 1. The van der Waals surface area contributed by atoms with E-state index in [1.807, 2.05) is 25.1 Å². The Kier molecular flexibility index (Phi) is 6.65. The zero-order valence-corrected chi connectivity index (χ0v) is 19.4. The van der Waals surface area contributed by atoms with Gasteiger partial charge in [0.25, 0.3) is 0 Å². The number of hydrogen-bond donors (Lipinski definition) is 1. The van der Waals surface area contributed by atoms with Gasteiger partial charge in [-0.05, 0) is 62.3 Å². The summed E-state index contributed by atoms with van der Waals surface area (Å²) in [7, 11) is 0. The van der Waals surface area contributed by atoms with Crippen LogP contribution in [-0.2, 0) is 4.79 Å². The Balaban J connectivity index is 1.59. The first-order valence-electron chi connectivity index (χ1n) is 11.3. The molecule has 0 atom stereocenters. The summed E-state index contributed by atoms with van der Waals surface area (Å²) >= 11 is 1.19. The molecule has 170 valence electrons. The molecule has 0 aliphatic heterocycles. The normalized spacial score (nSPS) is 24.9. The maximum atomic E-state index is 13.7. The molecule has 0 radical (unpaired) electrons. The van der Waals surface area contributed by atoms with Crippen LogP contribution in [0.1, 0.15) is 66.9 Å². The Bertz CT molecular complexity index is 989. The third kappa shape index (κ3) is 4.72. The maximum absolute atomic E-state index is 13.7. The summed E-state index contributed by atoms with van der Waals surface area (Å²) in [6.07, 6.45) is 8.49. The van der Waals surface area contributed by atoms with Crippen molar-refractivity contribution in [3.05, 3.63) is 46.9 Å². The van der Waals surface area contributed by atoms with E-state index in [4.69, 9.17) is 4.74 Å².